The molecular formula is C13H18BrNOS. The fourth-order valence-corrected chi connectivity index (χ4v) is 3.84. The van der Waals surface area contributed by atoms with Crippen LogP contribution in [0.4, 0.5) is 0 Å². The number of likely N-dealkylation sites (tertiary alicyclic amines) is 1. The standard InChI is InChI=1S/C13H18BrNOS/c1-10-5-3-2-4-7-15(10)9-12(16)13-11(14)6-8-17-13/h6,8,10H,2-5,7,9H2,1H3. The lowest BCUT2D eigenvalue weighted by molar-refractivity contribution is 0.0905. The quantitative estimate of drug-likeness (QED) is 0.787. The summed E-state index contributed by atoms with van der Waals surface area (Å²) in [6.45, 7) is 3.87. The zero-order valence-electron chi connectivity index (χ0n) is 10.1. The number of thiophene rings is 1. The van der Waals surface area contributed by atoms with Crippen LogP contribution in [0.2, 0.25) is 0 Å². The summed E-state index contributed by atoms with van der Waals surface area (Å²) in [6, 6.07) is 2.49. The first-order chi connectivity index (χ1) is 8.18. The van der Waals surface area contributed by atoms with E-state index in [0.29, 0.717) is 12.6 Å². The number of ketones is 1. The van der Waals surface area contributed by atoms with Crippen molar-refractivity contribution in [3.05, 3.63) is 20.8 Å². The topological polar surface area (TPSA) is 20.3 Å². The highest BCUT2D eigenvalue weighted by atomic mass is 79.9. The van der Waals surface area contributed by atoms with E-state index in [1.807, 2.05) is 11.4 Å². The number of halogens is 1. The Hall–Kier alpha value is -0.190. The van der Waals surface area contributed by atoms with Crippen molar-refractivity contribution < 1.29 is 4.79 Å². The van der Waals surface area contributed by atoms with Gasteiger partial charge in [-0.05, 0) is 53.7 Å². The lowest BCUT2D eigenvalue weighted by Gasteiger charge is -2.25. The first kappa shape index (κ1) is 13.2. The first-order valence-corrected chi connectivity index (χ1v) is 7.86. The third kappa shape index (κ3) is 3.39. The van der Waals surface area contributed by atoms with E-state index < -0.39 is 0 Å². The third-order valence-electron chi connectivity index (χ3n) is 3.41. The van der Waals surface area contributed by atoms with Gasteiger partial charge in [0.05, 0.1) is 11.4 Å². The van der Waals surface area contributed by atoms with Gasteiger partial charge in [0.1, 0.15) is 0 Å². The Bertz CT molecular complexity index is 391. The van der Waals surface area contributed by atoms with Crippen LogP contribution >= 0.6 is 27.3 Å². The van der Waals surface area contributed by atoms with Gasteiger partial charge >= 0.3 is 0 Å². The van der Waals surface area contributed by atoms with E-state index in [2.05, 4.69) is 27.8 Å². The predicted octanol–water partition coefficient (Wildman–Crippen LogP) is 3.96. The molecule has 0 radical (unpaired) electrons. The van der Waals surface area contributed by atoms with Crippen LogP contribution in [0.25, 0.3) is 0 Å². The van der Waals surface area contributed by atoms with Crippen molar-refractivity contribution in [1.82, 2.24) is 4.90 Å². The van der Waals surface area contributed by atoms with Gasteiger partial charge in [0.25, 0.3) is 0 Å². The van der Waals surface area contributed by atoms with Crippen molar-refractivity contribution in [3.8, 4) is 0 Å². The van der Waals surface area contributed by atoms with Crippen molar-refractivity contribution in [3.63, 3.8) is 0 Å². The lowest BCUT2D eigenvalue weighted by Crippen LogP contribution is -2.36. The molecule has 4 heteroatoms. The summed E-state index contributed by atoms with van der Waals surface area (Å²) in [7, 11) is 0. The highest BCUT2D eigenvalue weighted by Crippen LogP contribution is 2.24. The Morgan fingerprint density at radius 3 is 3.06 bits per heavy atom. The second-order valence-corrected chi connectivity index (χ2v) is 6.46. The summed E-state index contributed by atoms with van der Waals surface area (Å²) in [5, 5.41) is 1.96. The molecule has 0 spiro atoms. The predicted molar refractivity (Wildman–Crippen MR) is 75.9 cm³/mol. The summed E-state index contributed by atoms with van der Waals surface area (Å²) < 4.78 is 0.940. The number of nitrogens with zero attached hydrogens (tertiary/aromatic N) is 1. The summed E-state index contributed by atoms with van der Waals surface area (Å²) in [5.41, 5.74) is 0. The van der Waals surface area contributed by atoms with Gasteiger partial charge in [-0.2, -0.15) is 0 Å². The molecule has 1 unspecified atom stereocenters. The van der Waals surface area contributed by atoms with Crippen LogP contribution in [0.5, 0.6) is 0 Å². The molecular weight excluding hydrogens is 298 g/mol. The Morgan fingerprint density at radius 2 is 2.35 bits per heavy atom. The van der Waals surface area contributed by atoms with Gasteiger partial charge in [-0.25, -0.2) is 0 Å². The average molecular weight is 316 g/mol. The molecule has 0 aromatic carbocycles. The number of hydrogen-bond acceptors (Lipinski definition) is 3. The highest BCUT2D eigenvalue weighted by molar-refractivity contribution is 9.10. The molecule has 0 amide bonds. The summed E-state index contributed by atoms with van der Waals surface area (Å²) in [6.07, 6.45) is 5.05. The minimum Gasteiger partial charge on any atom is -0.293 e. The molecule has 1 aliphatic heterocycles. The number of hydrogen-bond donors (Lipinski definition) is 0. The van der Waals surface area contributed by atoms with Crippen LogP contribution in [0.15, 0.2) is 15.9 Å². The van der Waals surface area contributed by atoms with Crippen LogP contribution in [0, 0.1) is 0 Å². The smallest absolute Gasteiger partial charge is 0.187 e. The normalized spacial score (nSPS) is 22.4. The van der Waals surface area contributed by atoms with E-state index >= 15 is 0 Å². The molecule has 2 heterocycles. The highest BCUT2D eigenvalue weighted by Gasteiger charge is 2.21. The molecule has 0 bridgehead atoms. The second-order valence-electron chi connectivity index (χ2n) is 4.69. The van der Waals surface area contributed by atoms with Crippen LogP contribution in [-0.4, -0.2) is 29.8 Å². The fourth-order valence-electron chi connectivity index (χ4n) is 2.32. The largest absolute Gasteiger partial charge is 0.293 e. The fraction of sp³-hybridized carbons (Fsp3) is 0.615. The van der Waals surface area contributed by atoms with Crippen LogP contribution < -0.4 is 0 Å². The Balaban J connectivity index is 2.00. The van der Waals surface area contributed by atoms with Crippen molar-refractivity contribution in [2.45, 2.75) is 38.6 Å². The minimum atomic E-state index is 0.251. The van der Waals surface area contributed by atoms with Crippen LogP contribution in [-0.2, 0) is 0 Å². The summed E-state index contributed by atoms with van der Waals surface area (Å²) in [5.74, 6) is 0.251. The Labute approximate surface area is 115 Å². The monoisotopic (exact) mass is 315 g/mol. The SMILES string of the molecule is CC1CCCCCN1CC(=O)c1sccc1Br. The Kier molecular flexibility index (Phi) is 4.77. The molecule has 17 heavy (non-hydrogen) atoms. The molecule has 1 fully saturated rings. The molecule has 0 aliphatic carbocycles. The maximum atomic E-state index is 12.2. The first-order valence-electron chi connectivity index (χ1n) is 6.18. The van der Waals surface area contributed by atoms with E-state index in [1.54, 1.807) is 0 Å². The van der Waals surface area contributed by atoms with Gasteiger partial charge in [0.15, 0.2) is 5.78 Å². The van der Waals surface area contributed by atoms with Gasteiger partial charge < -0.3 is 0 Å². The van der Waals surface area contributed by atoms with Crippen molar-refractivity contribution in [2.24, 2.45) is 0 Å². The van der Waals surface area contributed by atoms with E-state index in [0.717, 1.165) is 15.9 Å². The maximum Gasteiger partial charge on any atom is 0.187 e. The van der Waals surface area contributed by atoms with Crippen LogP contribution in [0.1, 0.15) is 42.3 Å². The zero-order valence-corrected chi connectivity index (χ0v) is 12.5. The second kappa shape index (κ2) is 6.12. The molecule has 94 valence electrons. The number of rotatable bonds is 3. The van der Waals surface area contributed by atoms with Crippen molar-refractivity contribution >= 4 is 33.0 Å². The summed E-state index contributed by atoms with van der Waals surface area (Å²) >= 11 is 4.96. The number of carbonyl (C=O) groups excluding carboxylic acids is 1. The van der Waals surface area contributed by atoms with Gasteiger partial charge in [-0.15, -0.1) is 11.3 Å². The molecule has 1 aromatic rings. The van der Waals surface area contributed by atoms with Crippen molar-refractivity contribution in [1.29, 1.82) is 0 Å². The van der Waals surface area contributed by atoms with E-state index in [9.17, 15) is 4.79 Å². The molecule has 2 rings (SSSR count). The van der Waals surface area contributed by atoms with E-state index in [4.69, 9.17) is 0 Å². The van der Waals surface area contributed by atoms with Gasteiger partial charge in [0.2, 0.25) is 0 Å². The molecule has 1 aliphatic rings. The molecule has 0 saturated carbocycles. The number of carbonyl (C=O) groups is 1. The van der Waals surface area contributed by atoms with E-state index in [-0.39, 0.29) is 5.78 Å². The van der Waals surface area contributed by atoms with Gasteiger partial charge in [-0.3, -0.25) is 9.69 Å². The maximum absolute atomic E-state index is 12.2. The van der Waals surface area contributed by atoms with Gasteiger partial charge in [-0.1, -0.05) is 12.8 Å². The van der Waals surface area contributed by atoms with Crippen molar-refractivity contribution in [2.75, 3.05) is 13.1 Å². The van der Waals surface area contributed by atoms with E-state index in [1.165, 1.54) is 37.0 Å². The molecule has 1 saturated heterocycles. The zero-order chi connectivity index (χ0) is 12.3. The van der Waals surface area contributed by atoms with Gasteiger partial charge in [0, 0.05) is 10.5 Å². The molecule has 0 N–H and O–H groups in total. The third-order valence-corrected chi connectivity index (χ3v) is 5.29. The molecule has 1 atom stereocenters. The average Bonchev–Trinajstić information content (AvgIpc) is 2.63. The molecule has 1 aromatic heterocycles. The summed E-state index contributed by atoms with van der Waals surface area (Å²) in [4.78, 5) is 15.4. The Morgan fingerprint density at radius 1 is 1.53 bits per heavy atom. The minimum absolute atomic E-state index is 0.251. The lowest BCUT2D eigenvalue weighted by atomic mass is 10.1. The van der Waals surface area contributed by atoms with Crippen LogP contribution in [0.3, 0.4) is 0 Å². The number of Topliss-reactive ketones (excluding diaryl/α,β-unsaturated/α-hetero) is 1. The molecule has 2 nitrogen and oxygen atoms in total.